The van der Waals surface area contributed by atoms with Gasteiger partial charge < -0.3 is 10.5 Å². The molecule has 2 aromatic heterocycles. The fraction of sp³-hybridized carbons (Fsp3) is 0.500. The lowest BCUT2D eigenvalue weighted by atomic mass is 9.82. The first-order valence-electron chi connectivity index (χ1n) is 12.5. The van der Waals surface area contributed by atoms with Gasteiger partial charge in [-0.25, -0.2) is 4.98 Å². The number of anilines is 1. The minimum atomic E-state index is -4.35. The number of alkyl halides is 3. The fourth-order valence-corrected chi connectivity index (χ4v) is 4.08. The molecule has 0 fully saturated rings. The molecule has 0 aromatic carbocycles. The number of aryl methyl sites for hydroxylation is 2. The number of aromatic nitrogens is 3. The summed E-state index contributed by atoms with van der Waals surface area (Å²) in [4.78, 5) is 4.10. The Labute approximate surface area is 212 Å². The Kier molecular flexibility index (Phi) is 10.4. The van der Waals surface area contributed by atoms with E-state index in [-0.39, 0.29) is 5.41 Å². The number of hydrogen-bond acceptors (Lipinski definition) is 4. The SMILES string of the molecule is CCC(C)(C)c1c(OC)ccnc1N.C\C=C/C(=C\C(=C\CC)C(F)(F)F)c1cc2n(n1)CCCC2. The lowest BCUT2D eigenvalue weighted by Gasteiger charge is -2.26. The second-order valence-electron chi connectivity index (χ2n) is 9.38. The topological polar surface area (TPSA) is 66.0 Å². The van der Waals surface area contributed by atoms with E-state index in [2.05, 4.69) is 30.9 Å². The van der Waals surface area contributed by atoms with E-state index in [1.54, 1.807) is 39.3 Å². The average molecular weight is 505 g/mol. The second kappa shape index (κ2) is 12.8. The summed E-state index contributed by atoms with van der Waals surface area (Å²) in [5.74, 6) is 1.39. The van der Waals surface area contributed by atoms with Crippen LogP contribution in [0.25, 0.3) is 5.57 Å². The summed E-state index contributed by atoms with van der Waals surface area (Å²) in [7, 11) is 1.66. The number of methoxy groups -OCH3 is 1. The Balaban J connectivity index is 0.000000281. The molecule has 3 rings (SSSR count). The third-order valence-corrected chi connectivity index (χ3v) is 6.34. The van der Waals surface area contributed by atoms with E-state index in [1.807, 2.05) is 16.8 Å². The van der Waals surface area contributed by atoms with E-state index < -0.39 is 11.7 Å². The monoisotopic (exact) mass is 504 g/mol. The molecular weight excluding hydrogens is 465 g/mol. The molecular formula is C28H39F3N4O. The summed E-state index contributed by atoms with van der Waals surface area (Å²) >= 11 is 0. The average Bonchev–Trinajstić information content (AvgIpc) is 3.27. The van der Waals surface area contributed by atoms with Gasteiger partial charge in [0.1, 0.15) is 11.6 Å². The van der Waals surface area contributed by atoms with Crippen LogP contribution in [-0.4, -0.2) is 28.1 Å². The summed E-state index contributed by atoms with van der Waals surface area (Å²) in [6.45, 7) is 10.7. The van der Waals surface area contributed by atoms with E-state index in [4.69, 9.17) is 10.5 Å². The molecule has 5 nitrogen and oxygen atoms in total. The van der Waals surface area contributed by atoms with Gasteiger partial charge in [-0.15, -0.1) is 0 Å². The molecule has 0 radical (unpaired) electrons. The number of pyridine rings is 1. The molecule has 0 aliphatic carbocycles. The van der Waals surface area contributed by atoms with Crippen molar-refractivity contribution in [2.24, 2.45) is 0 Å². The quantitative estimate of drug-likeness (QED) is 0.398. The van der Waals surface area contributed by atoms with Crippen LogP contribution in [0.3, 0.4) is 0 Å². The van der Waals surface area contributed by atoms with Crippen molar-refractivity contribution in [3.63, 3.8) is 0 Å². The highest BCUT2D eigenvalue weighted by Gasteiger charge is 2.32. The molecule has 0 saturated carbocycles. The highest BCUT2D eigenvalue weighted by molar-refractivity contribution is 5.74. The Hall–Kier alpha value is -3.03. The Morgan fingerprint density at radius 2 is 1.94 bits per heavy atom. The number of nitrogen functional groups attached to an aromatic ring is 1. The molecule has 198 valence electrons. The molecule has 0 unspecified atom stereocenters. The fourth-order valence-electron chi connectivity index (χ4n) is 4.08. The minimum absolute atomic E-state index is 0.00366. The number of ether oxygens (including phenoxy) is 1. The van der Waals surface area contributed by atoms with Crippen LogP contribution in [0.1, 0.15) is 77.3 Å². The maximum atomic E-state index is 13.1. The van der Waals surface area contributed by atoms with Crippen LogP contribution in [0.5, 0.6) is 5.75 Å². The van der Waals surface area contributed by atoms with E-state index in [0.717, 1.165) is 49.2 Å². The third-order valence-electron chi connectivity index (χ3n) is 6.34. The molecule has 1 aliphatic heterocycles. The smallest absolute Gasteiger partial charge is 0.416 e. The first-order valence-corrected chi connectivity index (χ1v) is 12.5. The number of halogens is 3. The van der Waals surface area contributed by atoms with Crippen molar-refractivity contribution in [2.45, 2.75) is 84.9 Å². The third kappa shape index (κ3) is 7.48. The van der Waals surface area contributed by atoms with Crippen molar-refractivity contribution < 1.29 is 17.9 Å². The van der Waals surface area contributed by atoms with Crippen LogP contribution in [0.15, 0.2) is 48.2 Å². The van der Waals surface area contributed by atoms with Gasteiger partial charge >= 0.3 is 6.18 Å². The molecule has 2 aromatic rings. The maximum Gasteiger partial charge on any atom is 0.416 e. The number of fused-ring (bicyclic) bond motifs is 1. The number of nitrogens with zero attached hydrogens (tertiary/aromatic N) is 3. The molecule has 2 N–H and O–H groups in total. The first-order chi connectivity index (χ1) is 17.0. The van der Waals surface area contributed by atoms with Gasteiger partial charge in [-0.05, 0) is 62.7 Å². The van der Waals surface area contributed by atoms with Gasteiger partial charge in [0, 0.05) is 29.6 Å². The van der Waals surface area contributed by atoms with Crippen molar-refractivity contribution in [3.8, 4) is 5.75 Å². The molecule has 0 atom stereocenters. The second-order valence-corrected chi connectivity index (χ2v) is 9.38. The summed E-state index contributed by atoms with van der Waals surface area (Å²) in [5.41, 5.74) is 8.47. The van der Waals surface area contributed by atoms with Crippen molar-refractivity contribution in [3.05, 3.63) is 65.2 Å². The van der Waals surface area contributed by atoms with E-state index in [1.165, 1.54) is 12.2 Å². The number of allylic oxidation sites excluding steroid dienone is 6. The van der Waals surface area contributed by atoms with Crippen molar-refractivity contribution in [1.82, 2.24) is 14.8 Å². The van der Waals surface area contributed by atoms with Crippen LogP contribution in [0.4, 0.5) is 19.0 Å². The minimum Gasteiger partial charge on any atom is -0.496 e. The standard InChI is InChI=1S/C17H21F3N2.C11H18N2O/c1-3-7-13(11-14(8-4-2)17(18,19)20)16-12-15-9-5-6-10-22(15)21-16;1-5-11(2,3)9-8(14-4)6-7-13-10(9)12/h3,7-8,11-12H,4-6,9-10H2,1-2H3;6-7H,5H2,1-4H3,(H2,12,13)/b7-3-,13-11+,14-8-;. The van der Waals surface area contributed by atoms with Crippen LogP contribution >= 0.6 is 0 Å². The molecule has 0 bridgehead atoms. The van der Waals surface area contributed by atoms with E-state index in [0.29, 0.717) is 23.5 Å². The van der Waals surface area contributed by atoms with E-state index >= 15 is 0 Å². The molecule has 0 saturated heterocycles. The zero-order chi connectivity index (χ0) is 26.9. The molecule has 1 aliphatic rings. The van der Waals surface area contributed by atoms with Gasteiger partial charge in [-0.2, -0.15) is 18.3 Å². The Bertz CT molecular complexity index is 1070. The number of hydrogen-bond donors (Lipinski definition) is 1. The van der Waals surface area contributed by atoms with Crippen LogP contribution in [0, 0.1) is 0 Å². The normalized spacial score (nSPS) is 14.9. The van der Waals surface area contributed by atoms with Crippen LogP contribution in [0.2, 0.25) is 0 Å². The Morgan fingerprint density at radius 1 is 1.22 bits per heavy atom. The largest absolute Gasteiger partial charge is 0.496 e. The van der Waals surface area contributed by atoms with Gasteiger partial charge in [-0.1, -0.05) is 45.9 Å². The predicted octanol–water partition coefficient (Wildman–Crippen LogP) is 7.44. The predicted molar refractivity (Wildman–Crippen MR) is 141 cm³/mol. The molecule has 36 heavy (non-hydrogen) atoms. The van der Waals surface area contributed by atoms with Gasteiger partial charge in [0.2, 0.25) is 0 Å². The Morgan fingerprint density at radius 3 is 2.50 bits per heavy atom. The number of nitrogens with two attached hydrogens (primary N) is 1. The number of rotatable bonds is 7. The lowest BCUT2D eigenvalue weighted by Crippen LogP contribution is -2.19. The van der Waals surface area contributed by atoms with Crippen molar-refractivity contribution in [2.75, 3.05) is 12.8 Å². The van der Waals surface area contributed by atoms with Crippen molar-refractivity contribution in [1.29, 1.82) is 0 Å². The zero-order valence-corrected chi connectivity index (χ0v) is 22.2. The van der Waals surface area contributed by atoms with Gasteiger partial charge in [0.25, 0.3) is 0 Å². The maximum absolute atomic E-state index is 13.1. The summed E-state index contributed by atoms with van der Waals surface area (Å²) in [6.07, 6.45) is 7.61. The van der Waals surface area contributed by atoms with Crippen LogP contribution in [-0.2, 0) is 18.4 Å². The zero-order valence-electron chi connectivity index (χ0n) is 22.2. The molecule has 0 spiro atoms. The first kappa shape index (κ1) is 29.2. The molecule has 0 amide bonds. The van der Waals surface area contributed by atoms with E-state index in [9.17, 15) is 13.2 Å². The molecule has 8 heteroatoms. The van der Waals surface area contributed by atoms with Gasteiger partial charge in [0.15, 0.2) is 0 Å². The molecule has 3 heterocycles. The highest BCUT2D eigenvalue weighted by Crippen LogP contribution is 2.37. The van der Waals surface area contributed by atoms with Gasteiger partial charge in [0.05, 0.1) is 18.4 Å². The summed E-state index contributed by atoms with van der Waals surface area (Å²) < 4.78 is 46.5. The highest BCUT2D eigenvalue weighted by atomic mass is 19.4. The summed E-state index contributed by atoms with van der Waals surface area (Å²) in [5, 5.41) is 4.47. The lowest BCUT2D eigenvalue weighted by molar-refractivity contribution is -0.0883. The van der Waals surface area contributed by atoms with Gasteiger partial charge in [-0.3, -0.25) is 4.68 Å². The summed E-state index contributed by atoms with van der Waals surface area (Å²) in [6, 6.07) is 3.76. The van der Waals surface area contributed by atoms with Crippen LogP contribution < -0.4 is 10.5 Å². The van der Waals surface area contributed by atoms with Crippen molar-refractivity contribution >= 4 is 11.4 Å².